The summed E-state index contributed by atoms with van der Waals surface area (Å²) >= 11 is 0. The van der Waals surface area contributed by atoms with Crippen LogP contribution in [0.5, 0.6) is 5.75 Å². The zero-order valence-electron chi connectivity index (χ0n) is 9.07. The normalized spacial score (nSPS) is 32.3. The van der Waals surface area contributed by atoms with Crippen LogP contribution in [0.15, 0.2) is 18.2 Å². The summed E-state index contributed by atoms with van der Waals surface area (Å²) in [6, 6.07) is 6.65. The van der Waals surface area contributed by atoms with Gasteiger partial charge in [0.25, 0.3) is 0 Å². The Morgan fingerprint density at radius 1 is 1.47 bits per heavy atom. The summed E-state index contributed by atoms with van der Waals surface area (Å²) in [6.45, 7) is 2.95. The molecule has 2 nitrogen and oxygen atoms in total. The van der Waals surface area contributed by atoms with Crippen LogP contribution in [0.4, 0.5) is 0 Å². The van der Waals surface area contributed by atoms with Gasteiger partial charge in [-0.3, -0.25) is 0 Å². The Hall–Kier alpha value is -1.02. The van der Waals surface area contributed by atoms with E-state index in [2.05, 4.69) is 25.1 Å². The van der Waals surface area contributed by atoms with Gasteiger partial charge in [0.2, 0.25) is 0 Å². The van der Waals surface area contributed by atoms with E-state index in [0.717, 1.165) is 30.6 Å². The van der Waals surface area contributed by atoms with E-state index >= 15 is 0 Å². The molecular weight excluding hydrogens is 186 g/mol. The van der Waals surface area contributed by atoms with Gasteiger partial charge in [0.15, 0.2) is 0 Å². The Bertz CT molecular complexity index is 388. The van der Waals surface area contributed by atoms with E-state index < -0.39 is 0 Å². The van der Waals surface area contributed by atoms with Crippen LogP contribution >= 0.6 is 0 Å². The number of rotatable bonds is 2. The maximum Gasteiger partial charge on any atom is 0.123 e. The van der Waals surface area contributed by atoms with Crippen molar-refractivity contribution < 1.29 is 4.74 Å². The quantitative estimate of drug-likeness (QED) is 0.798. The molecule has 0 spiro atoms. The Kier molecular flexibility index (Phi) is 1.99. The lowest BCUT2D eigenvalue weighted by Crippen LogP contribution is -2.05. The van der Waals surface area contributed by atoms with Crippen molar-refractivity contribution in [3.63, 3.8) is 0 Å². The fraction of sp³-hybridized carbons (Fsp3) is 0.538. The second-order valence-electron chi connectivity index (χ2n) is 4.84. The molecule has 0 saturated heterocycles. The molecule has 80 valence electrons. The molecule has 15 heavy (non-hydrogen) atoms. The van der Waals surface area contributed by atoms with Gasteiger partial charge in [-0.25, -0.2) is 0 Å². The highest BCUT2D eigenvalue weighted by Gasteiger charge is 2.37. The van der Waals surface area contributed by atoms with Crippen molar-refractivity contribution in [1.82, 2.24) is 0 Å². The first-order valence-electron chi connectivity index (χ1n) is 5.77. The van der Waals surface area contributed by atoms with Gasteiger partial charge in [0.1, 0.15) is 11.9 Å². The summed E-state index contributed by atoms with van der Waals surface area (Å²) < 4.78 is 5.69. The Labute approximate surface area is 90.4 Å². The predicted octanol–water partition coefficient (Wildman–Crippen LogP) is 2.07. The van der Waals surface area contributed by atoms with Gasteiger partial charge in [0, 0.05) is 6.42 Å². The van der Waals surface area contributed by atoms with Crippen molar-refractivity contribution in [2.45, 2.75) is 31.8 Å². The topological polar surface area (TPSA) is 35.2 Å². The smallest absolute Gasteiger partial charge is 0.123 e. The summed E-state index contributed by atoms with van der Waals surface area (Å²) in [5.74, 6) is 2.52. The molecule has 0 radical (unpaired) electrons. The lowest BCUT2D eigenvalue weighted by molar-refractivity contribution is 0.254. The van der Waals surface area contributed by atoms with Crippen LogP contribution in [-0.4, -0.2) is 12.6 Å². The molecule has 0 bridgehead atoms. The highest BCUT2D eigenvalue weighted by molar-refractivity contribution is 5.43. The van der Waals surface area contributed by atoms with Gasteiger partial charge < -0.3 is 10.5 Å². The van der Waals surface area contributed by atoms with Crippen LogP contribution < -0.4 is 10.5 Å². The molecule has 1 aromatic carbocycles. The van der Waals surface area contributed by atoms with Crippen molar-refractivity contribution in [2.75, 3.05) is 6.54 Å². The first-order chi connectivity index (χ1) is 7.28. The molecule has 1 fully saturated rings. The fourth-order valence-electron chi connectivity index (χ4n) is 2.59. The molecule has 2 heteroatoms. The van der Waals surface area contributed by atoms with Gasteiger partial charge >= 0.3 is 0 Å². The van der Waals surface area contributed by atoms with Crippen LogP contribution in [0.25, 0.3) is 0 Å². The highest BCUT2D eigenvalue weighted by Crippen LogP contribution is 2.47. The minimum Gasteiger partial charge on any atom is -0.490 e. The molecule has 3 unspecified atom stereocenters. The second kappa shape index (κ2) is 3.24. The van der Waals surface area contributed by atoms with E-state index in [-0.39, 0.29) is 0 Å². The molecule has 0 aromatic heterocycles. The third kappa shape index (κ3) is 1.53. The lowest BCUT2D eigenvalue weighted by Gasteiger charge is -2.03. The van der Waals surface area contributed by atoms with E-state index in [0.29, 0.717) is 6.10 Å². The van der Waals surface area contributed by atoms with Crippen molar-refractivity contribution >= 4 is 0 Å². The molecule has 3 rings (SSSR count). The lowest BCUT2D eigenvalue weighted by atomic mass is 10.0. The standard InChI is InChI=1S/C13H17NO/c1-8-4-10-5-9(2-3-13(10)15-8)12-6-11(12)7-14/h2-3,5,8,11-12H,4,6-7,14H2,1H3. The number of ether oxygens (including phenoxy) is 1. The molecule has 1 aromatic rings. The Morgan fingerprint density at radius 2 is 2.33 bits per heavy atom. The third-order valence-electron chi connectivity index (χ3n) is 3.57. The Morgan fingerprint density at radius 3 is 3.07 bits per heavy atom. The zero-order valence-corrected chi connectivity index (χ0v) is 9.07. The van der Waals surface area contributed by atoms with Crippen LogP contribution in [0, 0.1) is 5.92 Å². The van der Waals surface area contributed by atoms with Gasteiger partial charge in [-0.05, 0) is 48.9 Å². The van der Waals surface area contributed by atoms with Crippen molar-refractivity contribution in [1.29, 1.82) is 0 Å². The largest absolute Gasteiger partial charge is 0.490 e. The molecule has 3 atom stereocenters. The van der Waals surface area contributed by atoms with E-state index in [4.69, 9.17) is 10.5 Å². The van der Waals surface area contributed by atoms with Crippen molar-refractivity contribution in [3.05, 3.63) is 29.3 Å². The van der Waals surface area contributed by atoms with Gasteiger partial charge in [-0.15, -0.1) is 0 Å². The predicted molar refractivity (Wildman–Crippen MR) is 60.1 cm³/mol. The minimum atomic E-state index is 0.347. The van der Waals surface area contributed by atoms with Crippen molar-refractivity contribution in [2.24, 2.45) is 11.7 Å². The monoisotopic (exact) mass is 203 g/mol. The minimum absolute atomic E-state index is 0.347. The van der Waals surface area contributed by atoms with E-state index in [1.165, 1.54) is 17.5 Å². The highest BCUT2D eigenvalue weighted by atomic mass is 16.5. The fourth-order valence-corrected chi connectivity index (χ4v) is 2.59. The molecular formula is C13H17NO. The Balaban J connectivity index is 1.85. The van der Waals surface area contributed by atoms with Gasteiger partial charge in [0.05, 0.1) is 0 Å². The SMILES string of the molecule is CC1Cc2cc(C3CC3CN)ccc2O1. The van der Waals surface area contributed by atoms with Crippen LogP contribution in [-0.2, 0) is 6.42 Å². The second-order valence-corrected chi connectivity index (χ2v) is 4.84. The molecule has 2 aliphatic rings. The number of nitrogens with two attached hydrogens (primary N) is 1. The number of benzene rings is 1. The first-order valence-corrected chi connectivity index (χ1v) is 5.77. The number of hydrogen-bond acceptors (Lipinski definition) is 2. The molecule has 1 heterocycles. The van der Waals surface area contributed by atoms with Crippen LogP contribution in [0.3, 0.4) is 0 Å². The number of hydrogen-bond donors (Lipinski definition) is 1. The van der Waals surface area contributed by atoms with Crippen LogP contribution in [0.2, 0.25) is 0 Å². The summed E-state index contributed by atoms with van der Waals surface area (Å²) in [5, 5.41) is 0. The summed E-state index contributed by atoms with van der Waals surface area (Å²) in [5.41, 5.74) is 8.51. The van der Waals surface area contributed by atoms with E-state index in [9.17, 15) is 0 Å². The summed E-state index contributed by atoms with van der Waals surface area (Å²) in [7, 11) is 0. The zero-order chi connectivity index (χ0) is 10.4. The maximum absolute atomic E-state index is 5.69. The number of fused-ring (bicyclic) bond motifs is 1. The molecule has 1 aliphatic carbocycles. The molecule has 1 saturated carbocycles. The van der Waals surface area contributed by atoms with Crippen LogP contribution in [0.1, 0.15) is 30.4 Å². The average Bonchev–Trinajstić information content (AvgIpc) is 2.92. The van der Waals surface area contributed by atoms with E-state index in [1.807, 2.05) is 0 Å². The molecule has 0 amide bonds. The average molecular weight is 203 g/mol. The van der Waals surface area contributed by atoms with Crippen molar-refractivity contribution in [3.8, 4) is 5.75 Å². The summed E-state index contributed by atoms with van der Waals surface area (Å²) in [6.07, 6.45) is 2.68. The summed E-state index contributed by atoms with van der Waals surface area (Å²) in [4.78, 5) is 0. The third-order valence-corrected chi connectivity index (χ3v) is 3.57. The van der Waals surface area contributed by atoms with E-state index in [1.54, 1.807) is 0 Å². The molecule has 1 aliphatic heterocycles. The maximum atomic E-state index is 5.69. The van der Waals surface area contributed by atoms with Gasteiger partial charge in [-0.1, -0.05) is 12.1 Å². The molecule has 2 N–H and O–H groups in total. The first kappa shape index (κ1) is 9.22. The van der Waals surface area contributed by atoms with Gasteiger partial charge in [-0.2, -0.15) is 0 Å².